The number of nitrogens with zero attached hydrogens (tertiary/aromatic N) is 1. The normalized spacial score (nSPS) is 21.3. The van der Waals surface area contributed by atoms with Crippen LogP contribution in [-0.2, 0) is 4.79 Å². The summed E-state index contributed by atoms with van der Waals surface area (Å²) in [6, 6.07) is 0. The monoisotopic (exact) mass is 272 g/mol. The Bertz CT molecular complexity index is 204. The second kappa shape index (κ2) is 3.06. The van der Waals surface area contributed by atoms with Gasteiger partial charge < -0.3 is 0 Å². The standard InChI is InChI=1S/C5H6ClIN2O/c1-9-2-3(6)4(7)5(10)8-9/h2H2,1H3,(H,8,10). The highest BCUT2D eigenvalue weighted by Crippen LogP contribution is 2.20. The molecule has 0 unspecified atom stereocenters. The first-order valence-corrected chi connectivity index (χ1v) is 4.13. The van der Waals surface area contributed by atoms with Crippen LogP contribution in [0.1, 0.15) is 0 Å². The van der Waals surface area contributed by atoms with Crippen molar-refractivity contribution in [1.82, 2.24) is 10.4 Å². The number of hydrogen-bond donors (Lipinski definition) is 1. The summed E-state index contributed by atoms with van der Waals surface area (Å²) < 4.78 is 0.581. The third-order valence-electron chi connectivity index (χ3n) is 1.11. The van der Waals surface area contributed by atoms with Gasteiger partial charge in [0.15, 0.2) is 0 Å². The first kappa shape index (κ1) is 8.29. The van der Waals surface area contributed by atoms with Gasteiger partial charge in [-0.1, -0.05) is 11.6 Å². The van der Waals surface area contributed by atoms with Crippen LogP contribution < -0.4 is 5.43 Å². The van der Waals surface area contributed by atoms with Gasteiger partial charge in [0.05, 0.1) is 15.2 Å². The summed E-state index contributed by atoms with van der Waals surface area (Å²) in [5.41, 5.74) is 2.60. The maximum atomic E-state index is 10.9. The summed E-state index contributed by atoms with van der Waals surface area (Å²) in [7, 11) is 1.77. The molecule has 10 heavy (non-hydrogen) atoms. The van der Waals surface area contributed by atoms with Gasteiger partial charge in [-0.05, 0) is 22.6 Å². The SMILES string of the molecule is CN1CC(Cl)=C(I)C(=O)N1. The van der Waals surface area contributed by atoms with E-state index >= 15 is 0 Å². The largest absolute Gasteiger partial charge is 0.284 e. The fourth-order valence-corrected chi connectivity index (χ4v) is 1.22. The number of carbonyl (C=O) groups is 1. The fraction of sp³-hybridized carbons (Fsp3) is 0.400. The number of hydrazine groups is 1. The van der Waals surface area contributed by atoms with Crippen molar-refractivity contribution < 1.29 is 4.79 Å². The molecule has 0 aliphatic carbocycles. The molecule has 0 aromatic heterocycles. The average molecular weight is 272 g/mol. The molecule has 1 rings (SSSR count). The first-order valence-electron chi connectivity index (χ1n) is 2.67. The summed E-state index contributed by atoms with van der Waals surface area (Å²) in [6.45, 7) is 0.589. The van der Waals surface area contributed by atoms with Gasteiger partial charge in [-0.15, -0.1) is 0 Å². The van der Waals surface area contributed by atoms with Crippen LogP contribution >= 0.6 is 34.2 Å². The lowest BCUT2D eigenvalue weighted by molar-refractivity contribution is -0.121. The second-order valence-corrected chi connectivity index (χ2v) is 3.55. The number of rotatable bonds is 0. The van der Waals surface area contributed by atoms with Gasteiger partial charge in [0.25, 0.3) is 5.91 Å². The molecule has 3 nitrogen and oxygen atoms in total. The molecular formula is C5H6ClIN2O. The Hall–Kier alpha value is 0.190. The number of amides is 1. The van der Waals surface area contributed by atoms with Gasteiger partial charge in [-0.2, -0.15) is 0 Å². The fourth-order valence-electron chi connectivity index (χ4n) is 0.663. The van der Waals surface area contributed by atoms with Crippen molar-refractivity contribution in [2.45, 2.75) is 0 Å². The minimum Gasteiger partial charge on any atom is -0.284 e. The van der Waals surface area contributed by atoms with Crippen molar-refractivity contribution in [2.75, 3.05) is 13.6 Å². The van der Waals surface area contributed by atoms with Crippen LogP contribution in [0.3, 0.4) is 0 Å². The van der Waals surface area contributed by atoms with Crippen molar-refractivity contribution in [3.05, 3.63) is 8.61 Å². The third kappa shape index (κ3) is 1.62. The van der Waals surface area contributed by atoms with E-state index in [0.717, 1.165) is 0 Å². The first-order chi connectivity index (χ1) is 4.61. The number of nitrogens with one attached hydrogen (secondary N) is 1. The molecule has 5 heteroatoms. The molecule has 0 bridgehead atoms. The van der Waals surface area contributed by atoms with Gasteiger partial charge in [-0.25, -0.2) is 5.01 Å². The minimum absolute atomic E-state index is 0.126. The molecule has 56 valence electrons. The van der Waals surface area contributed by atoms with Crippen molar-refractivity contribution >= 4 is 40.1 Å². The van der Waals surface area contributed by atoms with E-state index in [1.54, 1.807) is 12.1 Å². The topological polar surface area (TPSA) is 32.3 Å². The van der Waals surface area contributed by atoms with E-state index in [9.17, 15) is 4.79 Å². The van der Waals surface area contributed by atoms with E-state index in [-0.39, 0.29) is 5.91 Å². The number of halogens is 2. The van der Waals surface area contributed by atoms with Gasteiger partial charge in [0.1, 0.15) is 0 Å². The zero-order chi connectivity index (χ0) is 7.72. The number of hydrogen-bond acceptors (Lipinski definition) is 2. The van der Waals surface area contributed by atoms with Crippen LogP contribution in [0, 0.1) is 0 Å². The molecule has 0 radical (unpaired) electrons. The van der Waals surface area contributed by atoms with Crippen LogP contribution in [0.2, 0.25) is 0 Å². The van der Waals surface area contributed by atoms with E-state index in [1.165, 1.54) is 0 Å². The maximum Gasteiger partial charge on any atom is 0.272 e. The van der Waals surface area contributed by atoms with Crippen LogP contribution in [0.25, 0.3) is 0 Å². The Labute approximate surface area is 77.5 Å². The number of carbonyl (C=O) groups excluding carboxylic acids is 1. The Morgan fingerprint density at radius 1 is 1.80 bits per heavy atom. The smallest absolute Gasteiger partial charge is 0.272 e. The zero-order valence-electron chi connectivity index (χ0n) is 5.32. The molecule has 1 aliphatic heterocycles. The van der Waals surface area contributed by atoms with E-state index in [2.05, 4.69) is 5.43 Å². The highest BCUT2D eigenvalue weighted by Gasteiger charge is 2.19. The lowest BCUT2D eigenvalue weighted by Crippen LogP contribution is -2.43. The summed E-state index contributed by atoms with van der Waals surface area (Å²) in [5, 5.41) is 2.25. The van der Waals surface area contributed by atoms with Crippen LogP contribution in [0.5, 0.6) is 0 Å². The molecule has 0 aromatic carbocycles. The van der Waals surface area contributed by atoms with Crippen molar-refractivity contribution in [3.63, 3.8) is 0 Å². The Balaban J connectivity index is 2.85. The van der Waals surface area contributed by atoms with Crippen molar-refractivity contribution in [3.8, 4) is 0 Å². The third-order valence-corrected chi connectivity index (χ3v) is 2.87. The van der Waals surface area contributed by atoms with E-state index in [1.807, 2.05) is 22.6 Å². The molecule has 0 fully saturated rings. The summed E-state index contributed by atoms with van der Waals surface area (Å²) in [4.78, 5) is 10.9. The van der Waals surface area contributed by atoms with Crippen LogP contribution in [-0.4, -0.2) is 24.5 Å². The highest BCUT2D eigenvalue weighted by atomic mass is 127. The van der Waals surface area contributed by atoms with Gasteiger partial charge in [-0.3, -0.25) is 10.2 Å². The summed E-state index contributed by atoms with van der Waals surface area (Å²) in [5.74, 6) is -0.126. The highest BCUT2D eigenvalue weighted by molar-refractivity contribution is 14.1. The molecule has 0 aromatic rings. The van der Waals surface area contributed by atoms with E-state index < -0.39 is 0 Å². The lowest BCUT2D eigenvalue weighted by Gasteiger charge is -2.22. The Kier molecular flexibility index (Phi) is 2.54. The minimum atomic E-state index is -0.126. The second-order valence-electron chi connectivity index (χ2n) is 2.02. The van der Waals surface area contributed by atoms with Crippen LogP contribution in [0.4, 0.5) is 0 Å². The molecule has 1 N–H and O–H groups in total. The lowest BCUT2D eigenvalue weighted by atomic mass is 10.4. The average Bonchev–Trinajstić information content (AvgIpc) is 1.82. The predicted molar refractivity (Wildman–Crippen MR) is 47.7 cm³/mol. The van der Waals surface area contributed by atoms with Gasteiger partial charge in [0.2, 0.25) is 0 Å². The predicted octanol–water partition coefficient (Wildman–Crippen LogP) is 0.848. The molecule has 0 spiro atoms. The molecule has 0 saturated carbocycles. The molecule has 0 atom stereocenters. The molecular weight excluding hydrogens is 266 g/mol. The summed E-state index contributed by atoms with van der Waals surface area (Å²) >= 11 is 7.65. The van der Waals surface area contributed by atoms with Crippen LogP contribution in [0.15, 0.2) is 8.61 Å². The van der Waals surface area contributed by atoms with E-state index in [4.69, 9.17) is 11.6 Å². The van der Waals surface area contributed by atoms with Crippen molar-refractivity contribution in [1.29, 1.82) is 0 Å². The molecule has 0 saturated heterocycles. The summed E-state index contributed by atoms with van der Waals surface area (Å²) in [6.07, 6.45) is 0. The van der Waals surface area contributed by atoms with Crippen molar-refractivity contribution in [2.24, 2.45) is 0 Å². The molecule has 1 aliphatic rings. The molecule has 1 amide bonds. The van der Waals surface area contributed by atoms with E-state index in [0.29, 0.717) is 15.2 Å². The maximum absolute atomic E-state index is 10.9. The molecule has 1 heterocycles. The van der Waals surface area contributed by atoms with Gasteiger partial charge in [0, 0.05) is 7.05 Å². The quantitative estimate of drug-likeness (QED) is 0.663. The number of likely N-dealkylation sites (N-methyl/N-ethyl adjacent to an activating group) is 1. The zero-order valence-corrected chi connectivity index (χ0v) is 8.23. The van der Waals surface area contributed by atoms with Gasteiger partial charge >= 0.3 is 0 Å². The Morgan fingerprint density at radius 2 is 2.40 bits per heavy atom. The Morgan fingerprint density at radius 3 is 2.90 bits per heavy atom.